The topological polar surface area (TPSA) is 73.6 Å². The van der Waals surface area contributed by atoms with Crippen molar-refractivity contribution in [1.29, 1.82) is 0 Å². The lowest BCUT2D eigenvalue weighted by molar-refractivity contribution is 0.447. The van der Waals surface area contributed by atoms with Crippen LogP contribution >= 0.6 is 0 Å². The van der Waals surface area contributed by atoms with E-state index in [0.29, 0.717) is 5.92 Å². The van der Waals surface area contributed by atoms with Crippen LogP contribution in [0.1, 0.15) is 24.6 Å². The molecule has 5 nitrogen and oxygen atoms in total. The first-order chi connectivity index (χ1) is 5.86. The van der Waals surface area contributed by atoms with Crippen LogP contribution in [0.3, 0.4) is 0 Å². The van der Waals surface area contributed by atoms with Gasteiger partial charge in [-0.15, -0.1) is 0 Å². The van der Waals surface area contributed by atoms with Crippen molar-refractivity contribution >= 4 is 0 Å². The summed E-state index contributed by atoms with van der Waals surface area (Å²) in [6, 6.07) is 0. The predicted molar refractivity (Wildman–Crippen MR) is 44.1 cm³/mol. The maximum absolute atomic E-state index is 10.7. The normalized spacial score (nSPS) is 24.2. The highest BCUT2D eigenvalue weighted by Gasteiger charge is 2.17. The van der Waals surface area contributed by atoms with Crippen LogP contribution in [0.25, 0.3) is 0 Å². The molecule has 0 unspecified atom stereocenters. The maximum atomic E-state index is 10.7. The molecule has 1 fully saturated rings. The van der Waals surface area contributed by atoms with Crippen molar-refractivity contribution in [3.8, 4) is 0 Å². The van der Waals surface area contributed by atoms with Crippen molar-refractivity contribution in [2.75, 3.05) is 13.1 Å². The molecule has 0 amide bonds. The van der Waals surface area contributed by atoms with Crippen LogP contribution in [0.4, 0.5) is 0 Å². The number of nitrogens with one attached hydrogen (secondary N) is 3. The Kier molecular flexibility index (Phi) is 1.95. The average molecular weight is 168 g/mol. The van der Waals surface area contributed by atoms with Crippen molar-refractivity contribution in [2.45, 2.75) is 18.8 Å². The second-order valence-corrected chi connectivity index (χ2v) is 3.11. The van der Waals surface area contributed by atoms with E-state index in [1.165, 1.54) is 0 Å². The van der Waals surface area contributed by atoms with Crippen molar-refractivity contribution in [3.05, 3.63) is 16.3 Å². The molecule has 0 bridgehead atoms. The Morgan fingerprint density at radius 2 is 2.42 bits per heavy atom. The van der Waals surface area contributed by atoms with Crippen LogP contribution in [0.5, 0.6) is 0 Å². The Bertz CT molecular complexity index is 296. The lowest BCUT2D eigenvalue weighted by Gasteiger charge is -2.19. The number of H-pyrrole nitrogens is 2. The minimum Gasteiger partial charge on any atom is -0.316 e. The minimum atomic E-state index is -0.212. The summed E-state index contributed by atoms with van der Waals surface area (Å²) in [5.74, 6) is 1.16. The van der Waals surface area contributed by atoms with E-state index in [2.05, 4.69) is 20.5 Å². The molecule has 1 aliphatic heterocycles. The molecule has 1 atom stereocenters. The highest BCUT2D eigenvalue weighted by atomic mass is 16.1. The molecule has 0 aliphatic carbocycles. The number of piperidine rings is 1. The Hall–Kier alpha value is -1.10. The van der Waals surface area contributed by atoms with E-state index in [-0.39, 0.29) is 5.69 Å². The van der Waals surface area contributed by atoms with Gasteiger partial charge in [0.15, 0.2) is 0 Å². The summed E-state index contributed by atoms with van der Waals surface area (Å²) in [6.45, 7) is 1.99. The van der Waals surface area contributed by atoms with Gasteiger partial charge in [-0.05, 0) is 19.4 Å². The molecule has 1 saturated heterocycles. The Balaban J connectivity index is 2.13. The summed E-state index contributed by atoms with van der Waals surface area (Å²) in [6.07, 6.45) is 2.26. The molecule has 1 aromatic rings. The molecule has 0 aromatic carbocycles. The van der Waals surface area contributed by atoms with Gasteiger partial charge in [-0.1, -0.05) is 0 Å². The SMILES string of the molecule is O=c1[nH]nc([C@@H]2CCCNC2)[nH]1. The molecule has 0 radical (unpaired) electrons. The standard InChI is InChI=1S/C7H12N4O/c12-7-9-6(10-11-7)5-2-1-3-8-4-5/h5,8H,1-4H2,(H2,9,10,11,12)/t5-/m1/s1. The third-order valence-electron chi connectivity index (χ3n) is 2.20. The first-order valence-corrected chi connectivity index (χ1v) is 4.21. The number of rotatable bonds is 1. The zero-order valence-corrected chi connectivity index (χ0v) is 6.76. The molecule has 3 N–H and O–H groups in total. The summed E-state index contributed by atoms with van der Waals surface area (Å²) in [5, 5.41) is 9.55. The van der Waals surface area contributed by atoms with Crippen molar-refractivity contribution < 1.29 is 0 Å². The highest BCUT2D eigenvalue weighted by Crippen LogP contribution is 2.17. The molecule has 1 aromatic heterocycles. The van der Waals surface area contributed by atoms with Gasteiger partial charge in [0.25, 0.3) is 0 Å². The Morgan fingerprint density at radius 1 is 1.50 bits per heavy atom. The summed E-state index contributed by atoms with van der Waals surface area (Å²) < 4.78 is 0. The van der Waals surface area contributed by atoms with Gasteiger partial charge in [0, 0.05) is 12.5 Å². The Labute approximate surface area is 69.6 Å². The fraction of sp³-hybridized carbons (Fsp3) is 0.714. The summed E-state index contributed by atoms with van der Waals surface area (Å²) in [7, 11) is 0. The molecule has 2 rings (SSSR count). The summed E-state index contributed by atoms with van der Waals surface area (Å²) in [4.78, 5) is 13.4. The number of aromatic amines is 2. The van der Waals surface area contributed by atoms with Gasteiger partial charge < -0.3 is 5.32 Å². The van der Waals surface area contributed by atoms with Crippen LogP contribution in [0.15, 0.2) is 4.79 Å². The van der Waals surface area contributed by atoms with Gasteiger partial charge in [0.1, 0.15) is 5.82 Å². The van der Waals surface area contributed by atoms with Gasteiger partial charge >= 0.3 is 5.69 Å². The number of hydrogen-bond donors (Lipinski definition) is 3. The number of hydrogen-bond acceptors (Lipinski definition) is 3. The van der Waals surface area contributed by atoms with E-state index in [1.807, 2.05) is 0 Å². The second kappa shape index (κ2) is 3.10. The smallest absolute Gasteiger partial charge is 0.316 e. The third kappa shape index (κ3) is 1.40. The fourth-order valence-corrected chi connectivity index (χ4v) is 1.56. The third-order valence-corrected chi connectivity index (χ3v) is 2.20. The van der Waals surface area contributed by atoms with Crippen molar-refractivity contribution in [2.24, 2.45) is 0 Å². The molecule has 5 heteroatoms. The molecular weight excluding hydrogens is 156 g/mol. The second-order valence-electron chi connectivity index (χ2n) is 3.11. The van der Waals surface area contributed by atoms with E-state index >= 15 is 0 Å². The lowest BCUT2D eigenvalue weighted by atomic mass is 9.99. The van der Waals surface area contributed by atoms with Crippen LogP contribution in [0, 0.1) is 0 Å². The molecule has 66 valence electrons. The zero-order chi connectivity index (χ0) is 8.39. The quantitative estimate of drug-likeness (QED) is 0.532. The van der Waals surface area contributed by atoms with Gasteiger partial charge in [0.05, 0.1) is 0 Å². The minimum absolute atomic E-state index is 0.212. The van der Waals surface area contributed by atoms with Crippen LogP contribution in [-0.2, 0) is 0 Å². The van der Waals surface area contributed by atoms with Crippen LogP contribution in [0.2, 0.25) is 0 Å². The van der Waals surface area contributed by atoms with Gasteiger partial charge in [-0.25, -0.2) is 9.89 Å². The predicted octanol–water partition coefficient (Wildman–Crippen LogP) is -0.435. The van der Waals surface area contributed by atoms with Gasteiger partial charge in [-0.2, -0.15) is 5.10 Å². The molecular formula is C7H12N4O. The van der Waals surface area contributed by atoms with Gasteiger partial charge in [-0.3, -0.25) is 4.98 Å². The van der Waals surface area contributed by atoms with E-state index in [0.717, 1.165) is 31.8 Å². The molecule has 0 spiro atoms. The first kappa shape index (κ1) is 7.54. The van der Waals surface area contributed by atoms with E-state index < -0.39 is 0 Å². The fourth-order valence-electron chi connectivity index (χ4n) is 1.56. The zero-order valence-electron chi connectivity index (χ0n) is 6.76. The largest absolute Gasteiger partial charge is 0.340 e. The molecule has 1 aliphatic rings. The van der Waals surface area contributed by atoms with Crippen molar-refractivity contribution in [3.63, 3.8) is 0 Å². The number of aromatic nitrogens is 3. The number of nitrogens with zero attached hydrogens (tertiary/aromatic N) is 1. The summed E-state index contributed by atoms with van der Waals surface area (Å²) in [5.41, 5.74) is -0.212. The maximum Gasteiger partial charge on any atom is 0.340 e. The molecule has 12 heavy (non-hydrogen) atoms. The van der Waals surface area contributed by atoms with Crippen molar-refractivity contribution in [1.82, 2.24) is 20.5 Å². The van der Waals surface area contributed by atoms with E-state index in [4.69, 9.17) is 0 Å². The molecule has 0 saturated carbocycles. The van der Waals surface area contributed by atoms with Crippen LogP contribution < -0.4 is 11.0 Å². The average Bonchev–Trinajstić information content (AvgIpc) is 2.54. The first-order valence-electron chi connectivity index (χ1n) is 4.21. The van der Waals surface area contributed by atoms with Gasteiger partial charge in [0.2, 0.25) is 0 Å². The lowest BCUT2D eigenvalue weighted by Crippen LogP contribution is -2.29. The van der Waals surface area contributed by atoms with E-state index in [1.54, 1.807) is 0 Å². The van der Waals surface area contributed by atoms with E-state index in [9.17, 15) is 4.79 Å². The highest BCUT2D eigenvalue weighted by molar-refractivity contribution is 4.95. The monoisotopic (exact) mass is 168 g/mol. The Morgan fingerprint density at radius 3 is 3.00 bits per heavy atom. The molecule has 2 heterocycles. The van der Waals surface area contributed by atoms with Crippen LogP contribution in [-0.4, -0.2) is 28.3 Å². The summed E-state index contributed by atoms with van der Waals surface area (Å²) >= 11 is 0.